The minimum atomic E-state index is 0.121. The maximum atomic E-state index is 3.91. The molecule has 2 atom stereocenters. The highest BCUT2D eigenvalue weighted by Crippen LogP contribution is 2.31. The molecule has 0 aromatic carbocycles. The first-order valence-electron chi connectivity index (χ1n) is 11.3. The predicted molar refractivity (Wildman–Crippen MR) is 120 cm³/mol. The highest BCUT2D eigenvalue weighted by atomic mass is 15.0. The van der Waals surface area contributed by atoms with Crippen LogP contribution in [0.3, 0.4) is 0 Å². The average Bonchev–Trinajstić information content (AvgIpc) is 2.49. The second kappa shape index (κ2) is 11.7. The van der Waals surface area contributed by atoms with Gasteiger partial charge in [0.15, 0.2) is 0 Å². The van der Waals surface area contributed by atoms with E-state index in [9.17, 15) is 0 Å². The lowest BCUT2D eigenvalue weighted by Gasteiger charge is -2.44. The van der Waals surface area contributed by atoms with Crippen LogP contribution < -0.4 is 10.6 Å². The third kappa shape index (κ3) is 9.74. The predicted octanol–water partition coefficient (Wildman–Crippen LogP) is 6.36. The topological polar surface area (TPSA) is 24.1 Å². The maximum absolute atomic E-state index is 3.91. The Morgan fingerprint density at radius 1 is 0.769 bits per heavy atom. The van der Waals surface area contributed by atoms with Gasteiger partial charge < -0.3 is 10.6 Å². The van der Waals surface area contributed by atoms with Crippen molar-refractivity contribution in [2.45, 2.75) is 101 Å². The molecule has 0 aromatic heterocycles. The zero-order valence-electron chi connectivity index (χ0n) is 20.1. The van der Waals surface area contributed by atoms with E-state index in [1.165, 1.54) is 19.3 Å². The number of rotatable bonds is 14. The van der Waals surface area contributed by atoms with Crippen molar-refractivity contribution in [2.24, 2.45) is 35.0 Å². The van der Waals surface area contributed by atoms with E-state index in [2.05, 4.69) is 86.8 Å². The Morgan fingerprint density at radius 2 is 1.31 bits per heavy atom. The fraction of sp³-hybridized carbons (Fsp3) is 1.00. The van der Waals surface area contributed by atoms with Crippen LogP contribution in [0.15, 0.2) is 0 Å². The quantitative estimate of drug-likeness (QED) is 0.373. The zero-order valence-corrected chi connectivity index (χ0v) is 20.1. The van der Waals surface area contributed by atoms with E-state index in [0.29, 0.717) is 0 Å². The first-order chi connectivity index (χ1) is 11.8. The van der Waals surface area contributed by atoms with Gasteiger partial charge in [0.1, 0.15) is 0 Å². The summed E-state index contributed by atoms with van der Waals surface area (Å²) < 4.78 is 0. The molecule has 2 unspecified atom stereocenters. The van der Waals surface area contributed by atoms with Gasteiger partial charge in [0.2, 0.25) is 0 Å². The summed E-state index contributed by atoms with van der Waals surface area (Å²) in [6.45, 7) is 29.3. The van der Waals surface area contributed by atoms with Gasteiger partial charge in [-0.05, 0) is 74.8 Å². The Kier molecular flexibility index (Phi) is 11.7. The second-order valence-electron chi connectivity index (χ2n) is 11.1. The summed E-state index contributed by atoms with van der Waals surface area (Å²) in [4.78, 5) is 0. The van der Waals surface area contributed by atoms with Crippen molar-refractivity contribution in [2.75, 3.05) is 19.6 Å². The molecule has 0 spiro atoms. The molecule has 0 radical (unpaired) electrons. The summed E-state index contributed by atoms with van der Waals surface area (Å²) in [6.07, 6.45) is 3.91. The Labute approximate surface area is 166 Å². The fourth-order valence-electron chi connectivity index (χ4n) is 3.69. The Hall–Kier alpha value is -0.0800. The molecule has 0 fully saturated rings. The average molecular weight is 369 g/mol. The summed E-state index contributed by atoms with van der Waals surface area (Å²) in [7, 11) is 0. The molecule has 0 amide bonds. The van der Waals surface area contributed by atoms with Gasteiger partial charge in [-0.1, -0.05) is 68.7 Å². The molecule has 158 valence electrons. The molecule has 2 nitrogen and oxygen atoms in total. The first kappa shape index (κ1) is 25.9. The molecule has 0 rings (SSSR count). The van der Waals surface area contributed by atoms with Crippen LogP contribution in [0.1, 0.15) is 95.4 Å². The van der Waals surface area contributed by atoms with Gasteiger partial charge in [0.25, 0.3) is 0 Å². The van der Waals surface area contributed by atoms with Gasteiger partial charge >= 0.3 is 0 Å². The molecule has 0 aromatic rings. The van der Waals surface area contributed by atoms with Crippen LogP contribution in [0, 0.1) is 35.0 Å². The molecular formula is C24H52N2. The molecule has 0 aliphatic heterocycles. The molecule has 2 heteroatoms. The molecule has 0 aliphatic carbocycles. The van der Waals surface area contributed by atoms with Crippen molar-refractivity contribution in [1.29, 1.82) is 0 Å². The molecule has 26 heavy (non-hydrogen) atoms. The summed E-state index contributed by atoms with van der Waals surface area (Å²) in [5.41, 5.74) is 0.332. The largest absolute Gasteiger partial charge is 0.316 e. The molecule has 2 N–H and O–H groups in total. The van der Waals surface area contributed by atoms with Crippen LogP contribution in [0.5, 0.6) is 0 Å². The molecule has 0 saturated heterocycles. The zero-order chi connectivity index (χ0) is 20.5. The van der Waals surface area contributed by atoms with Crippen LogP contribution in [-0.4, -0.2) is 25.2 Å². The van der Waals surface area contributed by atoms with Crippen molar-refractivity contribution < 1.29 is 0 Å². The lowest BCUT2D eigenvalue weighted by atomic mass is 9.74. The van der Waals surface area contributed by atoms with E-state index >= 15 is 0 Å². The van der Waals surface area contributed by atoms with Crippen LogP contribution in [-0.2, 0) is 0 Å². The maximum Gasteiger partial charge on any atom is 0.0188 e. The van der Waals surface area contributed by atoms with Crippen molar-refractivity contribution >= 4 is 0 Å². The van der Waals surface area contributed by atoms with E-state index in [4.69, 9.17) is 0 Å². The summed E-state index contributed by atoms with van der Waals surface area (Å²) >= 11 is 0. The molecule has 0 saturated carbocycles. The molecule has 0 heterocycles. The van der Waals surface area contributed by atoms with Crippen LogP contribution in [0.4, 0.5) is 0 Å². The molecule has 0 bridgehead atoms. The Balaban J connectivity index is 4.60. The highest BCUT2D eigenvalue weighted by Gasteiger charge is 2.36. The van der Waals surface area contributed by atoms with E-state index in [-0.39, 0.29) is 11.0 Å². The van der Waals surface area contributed by atoms with Crippen molar-refractivity contribution in [3.8, 4) is 0 Å². The number of hydrogen-bond acceptors (Lipinski definition) is 2. The van der Waals surface area contributed by atoms with Gasteiger partial charge in [0, 0.05) is 12.1 Å². The van der Waals surface area contributed by atoms with Crippen molar-refractivity contribution in [3.05, 3.63) is 0 Å². The third-order valence-corrected chi connectivity index (χ3v) is 6.60. The van der Waals surface area contributed by atoms with E-state index in [1.807, 2.05) is 0 Å². The van der Waals surface area contributed by atoms with Gasteiger partial charge in [-0.25, -0.2) is 0 Å². The summed E-state index contributed by atoms with van der Waals surface area (Å²) in [5, 5.41) is 7.72. The standard InChI is InChI=1S/C24H52N2/c1-12-21(13-18(2)3)15-26-24(10,11)23(8,9)17-25-16-22(20(6)7)14-19(4)5/h18-22,25-26H,12-17H2,1-11H3. The normalized spacial score (nSPS) is 15.9. The Bertz CT molecular complexity index is 355. The van der Waals surface area contributed by atoms with Gasteiger partial charge in [-0.3, -0.25) is 0 Å². The smallest absolute Gasteiger partial charge is 0.0188 e. The van der Waals surface area contributed by atoms with Crippen molar-refractivity contribution in [1.82, 2.24) is 10.6 Å². The monoisotopic (exact) mass is 368 g/mol. The number of nitrogens with one attached hydrogen (secondary N) is 2. The van der Waals surface area contributed by atoms with Crippen LogP contribution >= 0.6 is 0 Å². The first-order valence-corrected chi connectivity index (χ1v) is 11.3. The van der Waals surface area contributed by atoms with Gasteiger partial charge in [-0.15, -0.1) is 0 Å². The second-order valence-corrected chi connectivity index (χ2v) is 11.1. The summed E-state index contributed by atoms with van der Waals surface area (Å²) in [5.74, 6) is 3.88. The minimum absolute atomic E-state index is 0.121. The third-order valence-electron chi connectivity index (χ3n) is 6.60. The summed E-state index contributed by atoms with van der Waals surface area (Å²) in [6, 6.07) is 0. The van der Waals surface area contributed by atoms with Crippen LogP contribution in [0.2, 0.25) is 0 Å². The van der Waals surface area contributed by atoms with Gasteiger partial charge in [0.05, 0.1) is 0 Å². The van der Waals surface area contributed by atoms with E-state index in [1.54, 1.807) is 0 Å². The van der Waals surface area contributed by atoms with E-state index < -0.39 is 0 Å². The lowest BCUT2D eigenvalue weighted by molar-refractivity contribution is 0.136. The highest BCUT2D eigenvalue weighted by molar-refractivity contribution is 4.95. The minimum Gasteiger partial charge on any atom is -0.316 e. The van der Waals surface area contributed by atoms with Gasteiger partial charge in [-0.2, -0.15) is 0 Å². The molecule has 0 aliphatic rings. The SMILES string of the molecule is CCC(CNC(C)(C)C(C)(C)CNCC(CC(C)C)C(C)C)CC(C)C. The Morgan fingerprint density at radius 3 is 1.73 bits per heavy atom. The van der Waals surface area contributed by atoms with E-state index in [0.717, 1.165) is 49.2 Å². The van der Waals surface area contributed by atoms with Crippen molar-refractivity contribution in [3.63, 3.8) is 0 Å². The number of hydrogen-bond donors (Lipinski definition) is 2. The molecular weight excluding hydrogens is 316 g/mol. The lowest BCUT2D eigenvalue weighted by Crippen LogP contribution is -2.56. The van der Waals surface area contributed by atoms with Crippen LogP contribution in [0.25, 0.3) is 0 Å². The fourth-order valence-corrected chi connectivity index (χ4v) is 3.69.